The van der Waals surface area contributed by atoms with E-state index in [9.17, 15) is 9.90 Å². The van der Waals surface area contributed by atoms with Gasteiger partial charge in [-0.3, -0.25) is 0 Å². The van der Waals surface area contributed by atoms with Crippen LogP contribution in [0.15, 0.2) is 31.4 Å². The molecule has 0 aliphatic carbocycles. The van der Waals surface area contributed by atoms with Gasteiger partial charge in [0, 0.05) is 6.04 Å². The van der Waals surface area contributed by atoms with Crippen LogP contribution >= 0.6 is 0 Å². The molecule has 0 fully saturated rings. The van der Waals surface area contributed by atoms with Crippen molar-refractivity contribution in [2.24, 2.45) is 5.73 Å². The fourth-order valence-electron chi connectivity index (χ4n) is 1.79. The number of aliphatic hydroxyl groups excluding tert-OH is 1. The van der Waals surface area contributed by atoms with Crippen LogP contribution in [-0.4, -0.2) is 30.3 Å². The van der Waals surface area contributed by atoms with E-state index in [0.717, 1.165) is 16.7 Å². The summed E-state index contributed by atoms with van der Waals surface area (Å²) in [6.07, 6.45) is 2.51. The van der Waals surface area contributed by atoms with Crippen LogP contribution in [0.5, 0.6) is 0 Å². The predicted octanol–water partition coefficient (Wildman–Crippen LogP) is 1.38. The van der Waals surface area contributed by atoms with E-state index in [1.54, 1.807) is 12.2 Å². The summed E-state index contributed by atoms with van der Waals surface area (Å²) in [6, 6.07) is 4.98. The molecule has 0 radical (unpaired) electrons. The minimum absolute atomic E-state index is 0.370. The summed E-state index contributed by atoms with van der Waals surface area (Å²) >= 11 is 0. The number of aliphatic hydroxyl groups is 1. The zero-order chi connectivity index (χ0) is 14.4. The zero-order valence-corrected chi connectivity index (χ0v) is 11.0. The molecule has 19 heavy (non-hydrogen) atoms. The Morgan fingerprint density at radius 2 is 2.05 bits per heavy atom. The van der Waals surface area contributed by atoms with Crippen LogP contribution in [0.2, 0.25) is 0 Å². The predicted molar refractivity (Wildman–Crippen MR) is 76.3 cm³/mol. The van der Waals surface area contributed by atoms with Gasteiger partial charge < -0.3 is 15.6 Å². The van der Waals surface area contributed by atoms with E-state index < -0.39 is 18.1 Å². The van der Waals surface area contributed by atoms with Crippen LogP contribution in [-0.2, 0) is 16.0 Å². The number of methoxy groups -OCH3 is 1. The van der Waals surface area contributed by atoms with Gasteiger partial charge >= 0.3 is 5.97 Å². The van der Waals surface area contributed by atoms with Gasteiger partial charge in [-0.1, -0.05) is 43.5 Å². The highest BCUT2D eigenvalue weighted by Crippen LogP contribution is 2.16. The Balaban J connectivity index is 2.85. The van der Waals surface area contributed by atoms with Crippen LogP contribution in [0.25, 0.3) is 12.2 Å². The van der Waals surface area contributed by atoms with Gasteiger partial charge in [0.15, 0.2) is 6.10 Å². The van der Waals surface area contributed by atoms with Gasteiger partial charge in [0.25, 0.3) is 0 Å². The van der Waals surface area contributed by atoms with Crippen molar-refractivity contribution >= 4 is 18.1 Å². The summed E-state index contributed by atoms with van der Waals surface area (Å²) in [5, 5.41) is 9.64. The van der Waals surface area contributed by atoms with E-state index in [1.807, 2.05) is 18.2 Å². The fraction of sp³-hybridized carbons (Fsp3) is 0.267. The van der Waals surface area contributed by atoms with Crippen molar-refractivity contribution in [2.75, 3.05) is 7.11 Å². The molecule has 102 valence electrons. The fourth-order valence-corrected chi connectivity index (χ4v) is 1.79. The second-order valence-corrected chi connectivity index (χ2v) is 4.21. The number of hydrogen-bond acceptors (Lipinski definition) is 4. The molecule has 0 aliphatic heterocycles. The van der Waals surface area contributed by atoms with Crippen molar-refractivity contribution in [3.8, 4) is 0 Å². The highest BCUT2D eigenvalue weighted by Gasteiger charge is 2.23. The number of rotatable bonds is 6. The summed E-state index contributed by atoms with van der Waals surface area (Å²) in [4.78, 5) is 11.2. The Morgan fingerprint density at radius 3 is 2.58 bits per heavy atom. The van der Waals surface area contributed by atoms with Crippen molar-refractivity contribution in [3.05, 3.63) is 48.0 Å². The van der Waals surface area contributed by atoms with Crippen LogP contribution in [0.1, 0.15) is 16.7 Å². The van der Waals surface area contributed by atoms with Crippen LogP contribution in [0.4, 0.5) is 0 Å². The Morgan fingerprint density at radius 1 is 1.42 bits per heavy atom. The maximum Gasteiger partial charge on any atom is 0.336 e. The van der Waals surface area contributed by atoms with Gasteiger partial charge in [0.2, 0.25) is 0 Å². The topological polar surface area (TPSA) is 72.5 Å². The van der Waals surface area contributed by atoms with Crippen LogP contribution < -0.4 is 5.73 Å². The van der Waals surface area contributed by atoms with E-state index in [2.05, 4.69) is 17.9 Å². The monoisotopic (exact) mass is 261 g/mol. The summed E-state index contributed by atoms with van der Waals surface area (Å²) in [6.45, 7) is 7.45. The minimum atomic E-state index is -1.32. The SMILES string of the molecule is C=Cc1ccc(CC(N)C(O)C(=O)OC)cc1C=C. The number of carbonyl (C=O) groups excluding carboxylic acids is 1. The Kier molecular flexibility index (Phi) is 5.48. The summed E-state index contributed by atoms with van der Waals surface area (Å²) in [5.74, 6) is -0.723. The largest absolute Gasteiger partial charge is 0.467 e. The third kappa shape index (κ3) is 3.77. The lowest BCUT2D eigenvalue weighted by Crippen LogP contribution is -2.42. The van der Waals surface area contributed by atoms with E-state index in [-0.39, 0.29) is 0 Å². The minimum Gasteiger partial charge on any atom is -0.467 e. The Bertz CT molecular complexity index is 482. The zero-order valence-electron chi connectivity index (χ0n) is 11.0. The first-order valence-corrected chi connectivity index (χ1v) is 5.92. The molecule has 0 saturated carbocycles. The highest BCUT2D eigenvalue weighted by molar-refractivity contribution is 5.75. The van der Waals surface area contributed by atoms with Gasteiger partial charge in [0.05, 0.1) is 7.11 Å². The van der Waals surface area contributed by atoms with E-state index in [1.165, 1.54) is 7.11 Å². The van der Waals surface area contributed by atoms with Crippen LogP contribution in [0.3, 0.4) is 0 Å². The molecule has 1 rings (SSSR count). The molecule has 0 heterocycles. The number of nitrogens with two attached hydrogens (primary N) is 1. The van der Waals surface area contributed by atoms with Gasteiger partial charge in [-0.25, -0.2) is 4.79 Å². The quantitative estimate of drug-likeness (QED) is 0.759. The second kappa shape index (κ2) is 6.87. The molecule has 4 nitrogen and oxygen atoms in total. The molecule has 3 N–H and O–H groups in total. The molecule has 2 unspecified atom stereocenters. The summed E-state index contributed by atoms with van der Waals surface area (Å²) in [5.41, 5.74) is 8.61. The molecule has 1 aromatic carbocycles. The normalized spacial score (nSPS) is 13.4. The second-order valence-electron chi connectivity index (χ2n) is 4.21. The van der Waals surface area contributed by atoms with Crippen molar-refractivity contribution in [3.63, 3.8) is 0 Å². The molecule has 4 heteroatoms. The van der Waals surface area contributed by atoms with Crippen LogP contribution in [0, 0.1) is 0 Å². The average Bonchev–Trinajstić information content (AvgIpc) is 2.45. The molecule has 0 amide bonds. The highest BCUT2D eigenvalue weighted by atomic mass is 16.5. The summed E-state index contributed by atoms with van der Waals surface area (Å²) < 4.78 is 4.45. The van der Waals surface area contributed by atoms with Crippen molar-refractivity contribution in [1.29, 1.82) is 0 Å². The molecule has 1 aromatic rings. The van der Waals surface area contributed by atoms with Gasteiger partial charge in [-0.15, -0.1) is 0 Å². The lowest BCUT2D eigenvalue weighted by Gasteiger charge is -2.17. The number of ether oxygens (including phenoxy) is 1. The number of esters is 1. The standard InChI is InChI=1S/C15H19NO3/c1-4-11-7-6-10(8-12(11)5-2)9-13(16)14(17)15(18)19-3/h4-8,13-14,17H,1-2,9,16H2,3H3. The molecule has 0 bridgehead atoms. The number of benzene rings is 1. The third-order valence-corrected chi connectivity index (χ3v) is 2.91. The lowest BCUT2D eigenvalue weighted by atomic mass is 9.97. The Hall–Kier alpha value is -1.91. The van der Waals surface area contributed by atoms with Crippen molar-refractivity contribution in [2.45, 2.75) is 18.6 Å². The molecule has 0 saturated heterocycles. The number of carbonyl (C=O) groups is 1. The van der Waals surface area contributed by atoms with Crippen molar-refractivity contribution < 1.29 is 14.6 Å². The smallest absolute Gasteiger partial charge is 0.336 e. The van der Waals surface area contributed by atoms with E-state index >= 15 is 0 Å². The first-order chi connectivity index (χ1) is 9.03. The van der Waals surface area contributed by atoms with Gasteiger partial charge in [0.1, 0.15) is 0 Å². The number of hydrogen-bond donors (Lipinski definition) is 2. The molecular weight excluding hydrogens is 242 g/mol. The molecule has 0 aliphatic rings. The van der Waals surface area contributed by atoms with Gasteiger partial charge in [-0.2, -0.15) is 0 Å². The van der Waals surface area contributed by atoms with E-state index in [4.69, 9.17) is 5.73 Å². The molecule has 0 aromatic heterocycles. The van der Waals surface area contributed by atoms with Crippen molar-refractivity contribution in [1.82, 2.24) is 0 Å². The van der Waals surface area contributed by atoms with Gasteiger partial charge in [-0.05, 0) is 23.1 Å². The maximum absolute atomic E-state index is 11.2. The van der Waals surface area contributed by atoms with E-state index in [0.29, 0.717) is 6.42 Å². The summed E-state index contributed by atoms with van der Waals surface area (Å²) in [7, 11) is 1.22. The maximum atomic E-state index is 11.2. The third-order valence-electron chi connectivity index (χ3n) is 2.91. The molecule has 2 atom stereocenters. The molecular formula is C15H19NO3. The first kappa shape index (κ1) is 15.1. The first-order valence-electron chi connectivity index (χ1n) is 5.92. The average molecular weight is 261 g/mol. The molecule has 0 spiro atoms. The Labute approximate surface area is 113 Å². The lowest BCUT2D eigenvalue weighted by molar-refractivity contribution is -0.151.